The summed E-state index contributed by atoms with van der Waals surface area (Å²) in [5.41, 5.74) is 1.51. The van der Waals surface area contributed by atoms with E-state index >= 15 is 0 Å². The molecule has 0 atom stereocenters. The smallest absolute Gasteiger partial charge is 0.238 e. The maximum absolute atomic E-state index is 11.3. The first kappa shape index (κ1) is 12.6. The van der Waals surface area contributed by atoms with Crippen molar-refractivity contribution in [2.45, 2.75) is 18.4 Å². The molecule has 0 fully saturated rings. The second kappa shape index (κ2) is 4.61. The fourth-order valence-corrected chi connectivity index (χ4v) is 2.80. The molecule has 4 nitrogen and oxygen atoms in total. The Morgan fingerprint density at radius 3 is 2.53 bits per heavy atom. The molecule has 0 aliphatic carbocycles. The van der Waals surface area contributed by atoms with Crippen LogP contribution in [0.25, 0.3) is 0 Å². The van der Waals surface area contributed by atoms with E-state index in [2.05, 4.69) is 21.2 Å². The first-order valence-corrected chi connectivity index (χ1v) is 6.66. The molecule has 0 aliphatic rings. The number of nitrogens with one attached hydrogen (secondary N) is 1. The van der Waals surface area contributed by atoms with Crippen LogP contribution in [0, 0.1) is 6.92 Å². The molecule has 3 N–H and O–H groups in total. The van der Waals surface area contributed by atoms with Crippen molar-refractivity contribution in [3.8, 4) is 0 Å². The summed E-state index contributed by atoms with van der Waals surface area (Å²) in [4.78, 5) is 0.169. The molecule has 1 aromatic carbocycles. The summed E-state index contributed by atoms with van der Waals surface area (Å²) in [6.07, 6.45) is 0. The maximum Gasteiger partial charge on any atom is 0.238 e. The summed E-state index contributed by atoms with van der Waals surface area (Å²) in [5.74, 6) is 0. The lowest BCUT2D eigenvalue weighted by atomic mass is 10.1. The minimum atomic E-state index is -3.65. The predicted molar refractivity (Wildman–Crippen MR) is 63.0 cm³/mol. The van der Waals surface area contributed by atoms with Crippen LogP contribution in [0.1, 0.15) is 11.1 Å². The van der Waals surface area contributed by atoms with Crippen molar-refractivity contribution in [1.29, 1.82) is 0 Å². The molecule has 0 unspecified atom stereocenters. The first-order chi connectivity index (χ1) is 6.86. The number of hydrogen-bond acceptors (Lipinski definition) is 3. The molecule has 0 heterocycles. The molecule has 0 saturated heterocycles. The number of halogens is 1. The number of sulfonamides is 1. The molecule has 1 aromatic rings. The minimum absolute atomic E-state index is 0.169. The Hall–Kier alpha value is -0.430. The molecule has 84 valence electrons. The van der Waals surface area contributed by atoms with Crippen molar-refractivity contribution < 1.29 is 8.42 Å². The van der Waals surface area contributed by atoms with Crippen molar-refractivity contribution in [1.82, 2.24) is 5.32 Å². The molecule has 0 saturated carbocycles. The third-order valence-corrected chi connectivity index (χ3v) is 3.90. The van der Waals surface area contributed by atoms with Gasteiger partial charge in [0.05, 0.1) is 4.90 Å². The van der Waals surface area contributed by atoms with Gasteiger partial charge in [0.1, 0.15) is 0 Å². The highest BCUT2D eigenvalue weighted by Gasteiger charge is 2.14. The largest absolute Gasteiger partial charge is 0.316 e. The van der Waals surface area contributed by atoms with Crippen molar-refractivity contribution in [2.75, 3.05) is 7.05 Å². The normalized spacial score (nSPS) is 11.7. The van der Waals surface area contributed by atoms with Crippen LogP contribution in [0.3, 0.4) is 0 Å². The molecular formula is C9H13BrN2O2S. The summed E-state index contributed by atoms with van der Waals surface area (Å²) < 4.78 is 23.3. The van der Waals surface area contributed by atoms with Gasteiger partial charge in [0.25, 0.3) is 0 Å². The zero-order valence-electron chi connectivity index (χ0n) is 8.54. The fourth-order valence-electron chi connectivity index (χ4n) is 1.31. The number of primary sulfonamides is 1. The van der Waals surface area contributed by atoms with Gasteiger partial charge in [-0.25, -0.2) is 13.6 Å². The zero-order chi connectivity index (χ0) is 11.6. The summed E-state index contributed by atoms with van der Waals surface area (Å²) in [6, 6.07) is 3.46. The van der Waals surface area contributed by atoms with Gasteiger partial charge in [-0.1, -0.05) is 15.9 Å². The van der Waals surface area contributed by atoms with Crippen molar-refractivity contribution in [3.63, 3.8) is 0 Å². The SMILES string of the molecule is CNCc1cc(Br)c(C)c(S(N)(=O)=O)c1. The van der Waals surface area contributed by atoms with E-state index in [-0.39, 0.29) is 4.90 Å². The van der Waals surface area contributed by atoms with Gasteiger partial charge in [0.2, 0.25) is 10.0 Å². The van der Waals surface area contributed by atoms with Crippen LogP contribution in [-0.4, -0.2) is 15.5 Å². The van der Waals surface area contributed by atoms with Crippen LogP contribution in [0.2, 0.25) is 0 Å². The van der Waals surface area contributed by atoms with Crippen LogP contribution in [-0.2, 0) is 16.6 Å². The van der Waals surface area contributed by atoms with Gasteiger partial charge in [-0.05, 0) is 37.2 Å². The third-order valence-electron chi connectivity index (χ3n) is 2.04. The monoisotopic (exact) mass is 292 g/mol. The second-order valence-corrected chi connectivity index (χ2v) is 5.66. The van der Waals surface area contributed by atoms with Gasteiger partial charge in [0.15, 0.2) is 0 Å². The Labute approximate surface area is 98.0 Å². The van der Waals surface area contributed by atoms with Crippen molar-refractivity contribution in [3.05, 3.63) is 27.7 Å². The summed E-state index contributed by atoms with van der Waals surface area (Å²) in [6.45, 7) is 2.31. The van der Waals surface area contributed by atoms with Gasteiger partial charge >= 0.3 is 0 Å². The molecule has 6 heteroatoms. The van der Waals surface area contributed by atoms with Gasteiger partial charge in [-0.15, -0.1) is 0 Å². The molecule has 1 rings (SSSR count). The molecule has 0 spiro atoms. The Morgan fingerprint density at radius 2 is 2.07 bits per heavy atom. The van der Waals surface area contributed by atoms with Crippen LogP contribution in [0.4, 0.5) is 0 Å². The van der Waals surface area contributed by atoms with Crippen LogP contribution in [0.5, 0.6) is 0 Å². The van der Waals surface area contributed by atoms with E-state index in [0.29, 0.717) is 12.1 Å². The molecule has 0 aliphatic heterocycles. The lowest BCUT2D eigenvalue weighted by Crippen LogP contribution is -2.15. The lowest BCUT2D eigenvalue weighted by molar-refractivity contribution is 0.597. The maximum atomic E-state index is 11.3. The Balaban J connectivity index is 3.38. The first-order valence-electron chi connectivity index (χ1n) is 4.32. The van der Waals surface area contributed by atoms with Crippen LogP contribution < -0.4 is 10.5 Å². The van der Waals surface area contributed by atoms with E-state index in [4.69, 9.17) is 5.14 Å². The molecule has 15 heavy (non-hydrogen) atoms. The highest BCUT2D eigenvalue weighted by atomic mass is 79.9. The molecule has 0 radical (unpaired) electrons. The number of rotatable bonds is 3. The van der Waals surface area contributed by atoms with Gasteiger partial charge in [0, 0.05) is 11.0 Å². The van der Waals surface area contributed by atoms with Gasteiger partial charge in [-0.2, -0.15) is 0 Å². The lowest BCUT2D eigenvalue weighted by Gasteiger charge is -2.09. The van der Waals surface area contributed by atoms with Gasteiger partial charge in [-0.3, -0.25) is 0 Å². The zero-order valence-corrected chi connectivity index (χ0v) is 10.9. The van der Waals surface area contributed by atoms with E-state index in [9.17, 15) is 8.42 Å². The second-order valence-electron chi connectivity index (χ2n) is 3.28. The van der Waals surface area contributed by atoms with E-state index in [0.717, 1.165) is 10.0 Å². The average Bonchev–Trinajstić information content (AvgIpc) is 2.09. The van der Waals surface area contributed by atoms with E-state index in [1.807, 2.05) is 6.07 Å². The topological polar surface area (TPSA) is 72.2 Å². The Kier molecular flexibility index (Phi) is 3.88. The Morgan fingerprint density at radius 1 is 1.47 bits per heavy atom. The quantitative estimate of drug-likeness (QED) is 0.877. The van der Waals surface area contributed by atoms with Gasteiger partial charge < -0.3 is 5.32 Å². The van der Waals surface area contributed by atoms with Crippen LogP contribution in [0.15, 0.2) is 21.5 Å². The predicted octanol–water partition coefficient (Wildman–Crippen LogP) is 1.12. The number of benzene rings is 1. The van der Waals surface area contributed by atoms with E-state index in [1.165, 1.54) is 0 Å². The minimum Gasteiger partial charge on any atom is -0.316 e. The number of nitrogens with two attached hydrogens (primary N) is 1. The summed E-state index contributed by atoms with van der Waals surface area (Å²) in [7, 11) is -1.86. The molecule has 0 aromatic heterocycles. The Bertz CT molecular complexity index is 471. The molecule has 0 amide bonds. The van der Waals surface area contributed by atoms with Crippen molar-refractivity contribution in [2.24, 2.45) is 5.14 Å². The van der Waals surface area contributed by atoms with Crippen molar-refractivity contribution >= 4 is 26.0 Å². The molecular weight excluding hydrogens is 280 g/mol. The highest BCUT2D eigenvalue weighted by molar-refractivity contribution is 9.10. The standard InChI is InChI=1S/C9H13BrN2O2S/c1-6-8(10)3-7(5-12-2)4-9(6)15(11,13)14/h3-4,12H,5H2,1-2H3,(H2,11,13,14). The van der Waals surface area contributed by atoms with E-state index < -0.39 is 10.0 Å². The number of hydrogen-bond donors (Lipinski definition) is 2. The molecule has 0 bridgehead atoms. The summed E-state index contributed by atoms with van der Waals surface area (Å²) >= 11 is 3.31. The average molecular weight is 293 g/mol. The van der Waals surface area contributed by atoms with E-state index in [1.54, 1.807) is 20.0 Å². The highest BCUT2D eigenvalue weighted by Crippen LogP contribution is 2.24. The van der Waals surface area contributed by atoms with Crippen LogP contribution >= 0.6 is 15.9 Å². The fraction of sp³-hybridized carbons (Fsp3) is 0.333. The summed E-state index contributed by atoms with van der Waals surface area (Å²) in [5, 5.41) is 8.08. The third kappa shape index (κ3) is 3.01.